The Morgan fingerprint density at radius 1 is 1.35 bits per heavy atom. The van der Waals surface area contributed by atoms with Crippen LogP contribution >= 0.6 is 27.3 Å². The van der Waals surface area contributed by atoms with E-state index < -0.39 is 5.97 Å². The molecule has 0 radical (unpaired) electrons. The van der Waals surface area contributed by atoms with E-state index >= 15 is 0 Å². The predicted octanol–water partition coefficient (Wildman–Crippen LogP) is 3.23. The molecule has 1 aromatic heterocycles. The van der Waals surface area contributed by atoms with E-state index in [0.717, 1.165) is 15.8 Å². The summed E-state index contributed by atoms with van der Waals surface area (Å²) in [5.74, 6) is -1.22. The largest absolute Gasteiger partial charge is 0.482 e. The van der Waals surface area contributed by atoms with Gasteiger partial charge in [-0.05, 0) is 29.6 Å². The maximum atomic E-state index is 11.7. The summed E-state index contributed by atoms with van der Waals surface area (Å²) in [5, 5.41) is 13.2. The molecule has 0 aliphatic heterocycles. The third-order valence-electron chi connectivity index (χ3n) is 2.29. The van der Waals surface area contributed by atoms with Gasteiger partial charge < -0.3 is 15.2 Å². The smallest absolute Gasteiger partial charge is 0.349 e. The average molecular weight is 356 g/mol. The molecule has 0 aliphatic rings. The number of halogens is 1. The normalized spacial score (nSPS) is 10.1. The predicted molar refractivity (Wildman–Crippen MR) is 79.5 cm³/mol. The Morgan fingerprint density at radius 2 is 2.15 bits per heavy atom. The summed E-state index contributed by atoms with van der Waals surface area (Å²) < 4.78 is 6.06. The van der Waals surface area contributed by atoms with Crippen LogP contribution in [0.5, 0.6) is 5.75 Å². The standard InChI is InChI=1S/C13H10BrNO4S/c14-8-2-1-3-9(6-8)15-11(16)7-19-10-4-5-20-12(10)13(17)18/h1-6H,7H2,(H,15,16)(H,17,18). The second-order valence-corrected chi connectivity index (χ2v) is 5.60. The van der Waals surface area contributed by atoms with Gasteiger partial charge in [-0.3, -0.25) is 4.79 Å². The molecular weight excluding hydrogens is 346 g/mol. The molecule has 0 saturated heterocycles. The maximum Gasteiger partial charge on any atom is 0.349 e. The molecule has 0 bridgehead atoms. The first-order chi connectivity index (χ1) is 9.56. The number of carboxylic acid groups (broad SMARTS) is 1. The summed E-state index contributed by atoms with van der Waals surface area (Å²) in [4.78, 5) is 22.7. The summed E-state index contributed by atoms with van der Waals surface area (Å²) in [5.41, 5.74) is 0.636. The van der Waals surface area contributed by atoms with Crippen LogP contribution < -0.4 is 10.1 Å². The first-order valence-corrected chi connectivity index (χ1v) is 7.22. The molecule has 2 N–H and O–H groups in total. The molecule has 0 aliphatic carbocycles. The monoisotopic (exact) mass is 355 g/mol. The average Bonchev–Trinajstić information content (AvgIpc) is 2.85. The van der Waals surface area contributed by atoms with E-state index in [-0.39, 0.29) is 23.1 Å². The molecule has 1 aromatic carbocycles. The Hall–Kier alpha value is -1.86. The second-order valence-electron chi connectivity index (χ2n) is 3.77. The third kappa shape index (κ3) is 3.82. The molecule has 20 heavy (non-hydrogen) atoms. The maximum absolute atomic E-state index is 11.7. The molecule has 1 amide bonds. The number of carbonyl (C=O) groups excluding carboxylic acids is 1. The zero-order valence-corrected chi connectivity index (χ0v) is 12.5. The van der Waals surface area contributed by atoms with Crippen molar-refractivity contribution in [3.8, 4) is 5.75 Å². The highest BCUT2D eigenvalue weighted by Gasteiger charge is 2.14. The first-order valence-electron chi connectivity index (χ1n) is 5.55. The number of carbonyl (C=O) groups is 2. The molecule has 7 heteroatoms. The van der Waals surface area contributed by atoms with Gasteiger partial charge in [0.1, 0.15) is 5.75 Å². The Labute approximate surface area is 127 Å². The Kier molecular flexibility index (Phi) is 4.75. The van der Waals surface area contributed by atoms with Crippen LogP contribution in [0.25, 0.3) is 0 Å². The van der Waals surface area contributed by atoms with E-state index in [1.165, 1.54) is 6.07 Å². The fourth-order valence-corrected chi connectivity index (χ4v) is 2.54. The van der Waals surface area contributed by atoms with Crippen LogP contribution in [0.4, 0.5) is 5.69 Å². The van der Waals surface area contributed by atoms with Crippen LogP contribution in [0.15, 0.2) is 40.2 Å². The fourth-order valence-electron chi connectivity index (χ4n) is 1.47. The highest BCUT2D eigenvalue weighted by Crippen LogP contribution is 2.24. The number of carboxylic acids is 1. The number of ether oxygens (including phenoxy) is 1. The fraction of sp³-hybridized carbons (Fsp3) is 0.0769. The Balaban J connectivity index is 1.92. The number of thiophene rings is 1. The minimum Gasteiger partial charge on any atom is -0.482 e. The summed E-state index contributed by atoms with van der Waals surface area (Å²) in [6, 6.07) is 8.67. The van der Waals surface area contributed by atoms with Gasteiger partial charge in [-0.2, -0.15) is 0 Å². The second kappa shape index (κ2) is 6.53. The quantitative estimate of drug-likeness (QED) is 0.863. The van der Waals surface area contributed by atoms with Gasteiger partial charge >= 0.3 is 5.97 Å². The van der Waals surface area contributed by atoms with Crippen LogP contribution in [0, 0.1) is 0 Å². The lowest BCUT2D eigenvalue weighted by atomic mass is 10.3. The van der Waals surface area contributed by atoms with Gasteiger partial charge in [-0.25, -0.2) is 4.79 Å². The summed E-state index contributed by atoms with van der Waals surface area (Å²) >= 11 is 4.35. The van der Waals surface area contributed by atoms with Crippen LogP contribution in [0.3, 0.4) is 0 Å². The van der Waals surface area contributed by atoms with Crippen molar-refractivity contribution in [1.29, 1.82) is 0 Å². The topological polar surface area (TPSA) is 75.6 Å². The number of anilines is 1. The molecule has 0 saturated carbocycles. The number of rotatable bonds is 5. The lowest BCUT2D eigenvalue weighted by molar-refractivity contribution is -0.118. The minimum absolute atomic E-state index is 0.0836. The number of benzene rings is 1. The third-order valence-corrected chi connectivity index (χ3v) is 3.67. The zero-order valence-electron chi connectivity index (χ0n) is 10.1. The van der Waals surface area contributed by atoms with Crippen molar-refractivity contribution in [3.63, 3.8) is 0 Å². The van der Waals surface area contributed by atoms with E-state index in [1.807, 2.05) is 6.07 Å². The van der Waals surface area contributed by atoms with Crippen LogP contribution in [-0.2, 0) is 4.79 Å². The van der Waals surface area contributed by atoms with Gasteiger partial charge in [0.05, 0.1) is 0 Å². The number of hydrogen-bond donors (Lipinski definition) is 2. The van der Waals surface area contributed by atoms with Gasteiger partial charge in [-0.15, -0.1) is 11.3 Å². The number of aromatic carboxylic acids is 1. The van der Waals surface area contributed by atoms with Crippen molar-refractivity contribution in [2.75, 3.05) is 11.9 Å². The van der Waals surface area contributed by atoms with Crippen molar-refractivity contribution in [2.24, 2.45) is 0 Å². The van der Waals surface area contributed by atoms with Gasteiger partial charge in [0.2, 0.25) is 0 Å². The van der Waals surface area contributed by atoms with E-state index in [4.69, 9.17) is 9.84 Å². The van der Waals surface area contributed by atoms with Gasteiger partial charge in [-0.1, -0.05) is 22.0 Å². The van der Waals surface area contributed by atoms with Crippen LogP contribution in [0.1, 0.15) is 9.67 Å². The van der Waals surface area contributed by atoms with Crippen molar-refractivity contribution in [3.05, 3.63) is 45.1 Å². The number of amides is 1. The number of nitrogens with one attached hydrogen (secondary N) is 1. The summed E-state index contributed by atoms with van der Waals surface area (Å²) in [7, 11) is 0. The van der Waals surface area contributed by atoms with Crippen molar-refractivity contribution < 1.29 is 19.4 Å². The number of hydrogen-bond acceptors (Lipinski definition) is 4. The van der Waals surface area contributed by atoms with Crippen molar-refractivity contribution in [2.45, 2.75) is 0 Å². The molecule has 104 valence electrons. The van der Waals surface area contributed by atoms with E-state index in [0.29, 0.717) is 5.69 Å². The lowest BCUT2D eigenvalue weighted by Gasteiger charge is -2.07. The van der Waals surface area contributed by atoms with Crippen molar-refractivity contribution >= 4 is 44.8 Å². The van der Waals surface area contributed by atoms with Gasteiger partial charge in [0.15, 0.2) is 11.5 Å². The molecule has 5 nitrogen and oxygen atoms in total. The van der Waals surface area contributed by atoms with Crippen LogP contribution in [0.2, 0.25) is 0 Å². The molecule has 0 spiro atoms. The lowest BCUT2D eigenvalue weighted by Crippen LogP contribution is -2.20. The molecule has 0 atom stereocenters. The summed E-state index contributed by atoms with van der Waals surface area (Å²) in [6.45, 7) is -0.247. The molecular formula is C13H10BrNO4S. The van der Waals surface area contributed by atoms with Gasteiger partial charge in [0, 0.05) is 10.2 Å². The Morgan fingerprint density at radius 3 is 2.85 bits per heavy atom. The molecule has 2 rings (SSSR count). The highest BCUT2D eigenvalue weighted by atomic mass is 79.9. The zero-order chi connectivity index (χ0) is 14.5. The summed E-state index contributed by atoms with van der Waals surface area (Å²) in [6.07, 6.45) is 0. The first kappa shape index (κ1) is 14.5. The van der Waals surface area contributed by atoms with Crippen molar-refractivity contribution in [1.82, 2.24) is 0 Å². The van der Waals surface area contributed by atoms with E-state index in [1.54, 1.807) is 23.6 Å². The van der Waals surface area contributed by atoms with E-state index in [2.05, 4.69) is 21.2 Å². The molecule has 2 aromatic rings. The minimum atomic E-state index is -1.07. The van der Waals surface area contributed by atoms with Crippen LogP contribution in [-0.4, -0.2) is 23.6 Å². The van der Waals surface area contributed by atoms with Gasteiger partial charge in [0.25, 0.3) is 5.91 Å². The van der Waals surface area contributed by atoms with E-state index in [9.17, 15) is 9.59 Å². The Bertz CT molecular complexity index is 641. The SMILES string of the molecule is O=C(COc1ccsc1C(=O)O)Nc1cccc(Br)c1. The highest BCUT2D eigenvalue weighted by molar-refractivity contribution is 9.10. The molecule has 1 heterocycles. The molecule has 0 fully saturated rings. The molecule has 0 unspecified atom stereocenters.